The quantitative estimate of drug-likeness (QED) is 0.201. The van der Waals surface area contributed by atoms with Gasteiger partial charge in [-0.2, -0.15) is 8.87 Å². The number of thiazole rings is 1. The number of hydrogen-bond donors (Lipinski definition) is 0. The van der Waals surface area contributed by atoms with Crippen LogP contribution in [0.1, 0.15) is 59.4 Å². The molecule has 0 atom stereocenters. The molecule has 0 unspecified atom stereocenters. The van der Waals surface area contributed by atoms with E-state index in [4.69, 9.17) is 0 Å². The summed E-state index contributed by atoms with van der Waals surface area (Å²) in [5.74, 6) is 0. The van der Waals surface area contributed by atoms with Gasteiger partial charge in [0.15, 0.2) is 0 Å². The highest BCUT2D eigenvalue weighted by molar-refractivity contribution is 7.89. The molecule has 8 nitrogen and oxygen atoms in total. The zero-order valence-electron chi connectivity index (χ0n) is 25.7. The molecular formula is C34H39N3O5S3. The Bertz CT molecular complexity index is 1930. The van der Waals surface area contributed by atoms with E-state index in [2.05, 4.69) is 40.8 Å². The second-order valence-electron chi connectivity index (χ2n) is 12.1. The smallest absolute Gasteiger partial charge is 0.262 e. The van der Waals surface area contributed by atoms with Crippen molar-refractivity contribution in [3.05, 3.63) is 81.9 Å². The SMILES string of the molecule is C[n+]1c(/C=C/c2cc3c4c(c2)CCCN4CCC3)sc2cc(S(=O)(=O)N3CCCCC3)ccc21.Cc1ccc(S(=O)(=O)[O-])cc1. The maximum atomic E-state index is 13.1. The van der Waals surface area contributed by atoms with Crippen LogP contribution in [0.15, 0.2) is 64.4 Å². The lowest BCUT2D eigenvalue weighted by atomic mass is 9.90. The van der Waals surface area contributed by atoms with Gasteiger partial charge in [-0.25, -0.2) is 16.8 Å². The molecule has 238 valence electrons. The van der Waals surface area contributed by atoms with E-state index in [-0.39, 0.29) is 4.90 Å². The molecule has 1 aromatic heterocycles. The Labute approximate surface area is 270 Å². The average molecular weight is 666 g/mol. The summed E-state index contributed by atoms with van der Waals surface area (Å²) in [5.41, 5.74) is 7.76. The minimum atomic E-state index is -4.27. The van der Waals surface area contributed by atoms with Crippen LogP contribution in [0, 0.1) is 6.92 Å². The van der Waals surface area contributed by atoms with E-state index in [0.29, 0.717) is 18.0 Å². The zero-order chi connectivity index (χ0) is 31.8. The van der Waals surface area contributed by atoms with E-state index in [1.807, 2.05) is 19.1 Å². The largest absolute Gasteiger partial charge is 0.744 e. The van der Waals surface area contributed by atoms with Gasteiger partial charge in [-0.1, -0.05) is 35.5 Å². The monoisotopic (exact) mass is 665 g/mol. The van der Waals surface area contributed by atoms with Gasteiger partial charge < -0.3 is 9.45 Å². The first kappa shape index (κ1) is 31.9. The summed E-state index contributed by atoms with van der Waals surface area (Å²) in [4.78, 5) is 2.81. The number of hydrogen-bond acceptors (Lipinski definition) is 7. The summed E-state index contributed by atoms with van der Waals surface area (Å²) in [6.07, 6.45) is 12.3. The third kappa shape index (κ3) is 6.88. The Hall–Kier alpha value is -3.09. The van der Waals surface area contributed by atoms with E-state index in [9.17, 15) is 21.4 Å². The Morgan fingerprint density at radius 3 is 2.02 bits per heavy atom. The first-order chi connectivity index (χ1) is 21.5. The van der Waals surface area contributed by atoms with Crippen molar-refractivity contribution in [3.63, 3.8) is 0 Å². The number of nitrogens with zero attached hydrogens (tertiary/aromatic N) is 3. The maximum absolute atomic E-state index is 13.1. The van der Waals surface area contributed by atoms with Crippen molar-refractivity contribution < 1.29 is 26.0 Å². The van der Waals surface area contributed by atoms with Gasteiger partial charge >= 0.3 is 0 Å². The maximum Gasteiger partial charge on any atom is 0.262 e. The number of fused-ring (bicyclic) bond motifs is 1. The molecule has 0 N–H and O–H groups in total. The molecule has 0 radical (unpaired) electrons. The van der Waals surface area contributed by atoms with E-state index in [1.165, 1.54) is 73.3 Å². The average Bonchev–Trinajstić information content (AvgIpc) is 3.35. The van der Waals surface area contributed by atoms with E-state index in [0.717, 1.165) is 40.1 Å². The fourth-order valence-electron chi connectivity index (χ4n) is 6.51. The van der Waals surface area contributed by atoms with Gasteiger partial charge in [-0.05, 0) is 105 Å². The van der Waals surface area contributed by atoms with Crippen molar-refractivity contribution in [3.8, 4) is 0 Å². The summed E-state index contributed by atoms with van der Waals surface area (Å²) >= 11 is 1.66. The standard InChI is InChI=1S/C27H32N3O2S2.C7H8O3S/c1-28-24-11-10-23(34(31,32)30-15-3-2-4-16-30)19-25(24)33-26(28)12-9-20-17-21-7-5-13-29-14-6-8-22(18-20)27(21)29;1-6-2-4-7(5-3-6)11(8,9)10/h9-12,17-19H,2-8,13-16H2,1H3;2-5H,1H3,(H,8,9,10)/q+1;/p-1. The molecule has 4 heterocycles. The Morgan fingerprint density at radius 1 is 0.778 bits per heavy atom. The number of anilines is 1. The number of piperidine rings is 1. The molecule has 3 aliphatic rings. The van der Waals surface area contributed by atoms with Gasteiger partial charge in [0.25, 0.3) is 5.01 Å². The van der Waals surface area contributed by atoms with Crippen molar-refractivity contribution in [2.75, 3.05) is 31.1 Å². The van der Waals surface area contributed by atoms with E-state index < -0.39 is 20.1 Å². The van der Waals surface area contributed by atoms with Gasteiger partial charge in [0.1, 0.15) is 21.9 Å². The second kappa shape index (κ2) is 13.0. The lowest BCUT2D eigenvalue weighted by Gasteiger charge is -2.37. The Morgan fingerprint density at radius 2 is 1.40 bits per heavy atom. The topological polar surface area (TPSA) is 102 Å². The molecule has 0 bridgehead atoms. The summed E-state index contributed by atoms with van der Waals surface area (Å²) in [6.45, 7) is 5.48. The highest BCUT2D eigenvalue weighted by Crippen LogP contribution is 2.36. The summed E-state index contributed by atoms with van der Waals surface area (Å²) in [7, 11) is -5.63. The van der Waals surface area contributed by atoms with Gasteiger partial charge in [0, 0.05) is 44.0 Å². The second-order valence-corrected chi connectivity index (χ2v) is 16.5. The lowest BCUT2D eigenvalue weighted by Crippen LogP contribution is -2.35. The van der Waals surface area contributed by atoms with Crippen LogP contribution in [-0.4, -0.2) is 51.9 Å². The van der Waals surface area contributed by atoms with Gasteiger partial charge in [-0.15, -0.1) is 0 Å². The number of aryl methyl sites for hydroxylation is 4. The molecule has 3 aliphatic heterocycles. The molecule has 0 spiro atoms. The molecule has 0 saturated carbocycles. The van der Waals surface area contributed by atoms with Gasteiger partial charge in [0.2, 0.25) is 15.5 Å². The molecule has 45 heavy (non-hydrogen) atoms. The molecule has 1 fully saturated rings. The van der Waals surface area contributed by atoms with Gasteiger partial charge in [-0.3, -0.25) is 0 Å². The van der Waals surface area contributed by atoms with Crippen LogP contribution < -0.4 is 9.47 Å². The van der Waals surface area contributed by atoms with E-state index >= 15 is 0 Å². The minimum Gasteiger partial charge on any atom is -0.744 e. The molecule has 1 saturated heterocycles. The molecule has 4 aromatic rings. The third-order valence-corrected chi connectivity index (χ3v) is 12.8. The number of benzene rings is 3. The molecule has 11 heteroatoms. The number of aromatic nitrogens is 1. The van der Waals surface area contributed by atoms with Crippen LogP contribution >= 0.6 is 11.3 Å². The third-order valence-electron chi connectivity index (χ3n) is 8.87. The Kier molecular flexibility index (Phi) is 9.18. The fraction of sp³-hybridized carbons (Fsp3) is 0.382. The summed E-state index contributed by atoms with van der Waals surface area (Å²) < 4.78 is 62.3. The first-order valence-corrected chi connectivity index (χ1v) is 19.2. The Balaban J connectivity index is 0.000000276. The highest BCUT2D eigenvalue weighted by atomic mass is 32.2. The number of sulfonamides is 1. The van der Waals surface area contributed by atoms with Crippen LogP contribution in [0.3, 0.4) is 0 Å². The molecule has 0 aliphatic carbocycles. The molecule has 7 rings (SSSR count). The van der Waals surface area contributed by atoms with Crippen molar-refractivity contribution in [2.24, 2.45) is 7.05 Å². The van der Waals surface area contributed by atoms with Crippen molar-refractivity contribution in [2.45, 2.75) is 61.7 Å². The van der Waals surface area contributed by atoms with Crippen LogP contribution in [0.25, 0.3) is 22.4 Å². The van der Waals surface area contributed by atoms with Crippen molar-refractivity contribution in [1.29, 1.82) is 0 Å². The number of rotatable bonds is 5. The van der Waals surface area contributed by atoms with Crippen molar-refractivity contribution in [1.82, 2.24) is 4.31 Å². The molecule has 0 amide bonds. The fourth-order valence-corrected chi connectivity index (χ4v) is 9.69. The predicted octanol–water partition coefficient (Wildman–Crippen LogP) is 5.67. The molecule has 3 aromatic carbocycles. The zero-order valence-corrected chi connectivity index (χ0v) is 28.2. The van der Waals surface area contributed by atoms with Gasteiger partial charge in [0.05, 0.1) is 9.79 Å². The summed E-state index contributed by atoms with van der Waals surface area (Å²) in [5, 5.41) is 1.12. The lowest BCUT2D eigenvalue weighted by molar-refractivity contribution is -0.642. The highest BCUT2D eigenvalue weighted by Gasteiger charge is 2.28. The normalized spacial score (nSPS) is 17.3. The predicted molar refractivity (Wildman–Crippen MR) is 179 cm³/mol. The van der Waals surface area contributed by atoms with Crippen LogP contribution in [0.4, 0.5) is 5.69 Å². The minimum absolute atomic E-state index is 0.178. The van der Waals surface area contributed by atoms with Crippen LogP contribution in [0.2, 0.25) is 0 Å². The van der Waals surface area contributed by atoms with Crippen molar-refractivity contribution >= 4 is 59.5 Å². The molecular weight excluding hydrogens is 627 g/mol. The van der Waals surface area contributed by atoms with Crippen LogP contribution in [-0.2, 0) is 40.0 Å². The van der Waals surface area contributed by atoms with Crippen LogP contribution in [0.5, 0.6) is 0 Å². The first-order valence-electron chi connectivity index (χ1n) is 15.5. The summed E-state index contributed by atoms with van der Waals surface area (Å²) in [6, 6.07) is 16.1. The van der Waals surface area contributed by atoms with E-state index in [1.54, 1.807) is 33.8 Å².